The molecule has 5 nitrogen and oxygen atoms in total. The number of hydrogen-bond donors (Lipinski definition) is 0. The predicted molar refractivity (Wildman–Crippen MR) is 109 cm³/mol. The van der Waals surface area contributed by atoms with Gasteiger partial charge in [0.15, 0.2) is 11.5 Å². The Bertz CT molecular complexity index is 641. The molecule has 0 N–H and O–H groups in total. The number of ether oxygens (including phenoxy) is 3. The van der Waals surface area contributed by atoms with E-state index in [1.54, 1.807) is 14.2 Å². The lowest BCUT2D eigenvalue weighted by atomic mass is 9.84. The molecule has 0 amide bonds. The van der Waals surface area contributed by atoms with Gasteiger partial charge in [-0.3, -0.25) is 4.90 Å². The summed E-state index contributed by atoms with van der Waals surface area (Å²) in [6, 6.07) is 5.45. The van der Waals surface area contributed by atoms with E-state index in [1.807, 2.05) is 0 Å². The van der Waals surface area contributed by atoms with Gasteiger partial charge in [-0.2, -0.15) is 0 Å². The van der Waals surface area contributed by atoms with Crippen molar-refractivity contribution in [3.8, 4) is 11.5 Å². The van der Waals surface area contributed by atoms with E-state index in [0.29, 0.717) is 30.7 Å². The lowest BCUT2D eigenvalue weighted by Gasteiger charge is -2.49. The van der Waals surface area contributed by atoms with E-state index in [9.17, 15) is 0 Å². The van der Waals surface area contributed by atoms with E-state index in [1.165, 1.54) is 17.5 Å². The van der Waals surface area contributed by atoms with Crippen LogP contribution in [0.5, 0.6) is 11.5 Å². The van der Waals surface area contributed by atoms with Gasteiger partial charge in [-0.25, -0.2) is 0 Å². The molecule has 0 bridgehead atoms. The number of hydrogen-bond acceptors (Lipinski definition) is 5. The third-order valence-corrected chi connectivity index (χ3v) is 5.82. The molecule has 0 aromatic heterocycles. The fourth-order valence-electron chi connectivity index (χ4n) is 4.46. The molecule has 5 heteroatoms. The molecule has 2 aliphatic heterocycles. The Morgan fingerprint density at radius 1 is 1.07 bits per heavy atom. The molecule has 2 heterocycles. The maximum atomic E-state index is 5.89. The van der Waals surface area contributed by atoms with Gasteiger partial charge < -0.3 is 19.1 Å². The largest absolute Gasteiger partial charge is 0.493 e. The summed E-state index contributed by atoms with van der Waals surface area (Å²) in [6.45, 7) is 11.5. The standard InChI is InChI=1S/C22H36N2O3/c1-22(2,3)13-17-14-24-8-7-16-11-21(27-10-9-25-5)20(26-6)12-18(16)19(24)15-23(17)4/h11-12,17,19H,7-10,13-15H2,1-6H3/t17-,19-/m1/s1. The van der Waals surface area contributed by atoms with E-state index in [2.05, 4.69) is 49.8 Å². The summed E-state index contributed by atoms with van der Waals surface area (Å²) in [4.78, 5) is 5.22. The van der Waals surface area contributed by atoms with Gasteiger partial charge in [-0.1, -0.05) is 20.8 Å². The lowest BCUT2D eigenvalue weighted by Crippen LogP contribution is -2.55. The number of nitrogens with zero attached hydrogens (tertiary/aromatic N) is 2. The average Bonchev–Trinajstić information content (AvgIpc) is 2.61. The van der Waals surface area contributed by atoms with E-state index in [4.69, 9.17) is 14.2 Å². The molecular weight excluding hydrogens is 340 g/mol. The van der Waals surface area contributed by atoms with Crippen LogP contribution in [0.1, 0.15) is 44.4 Å². The topological polar surface area (TPSA) is 34.2 Å². The molecule has 27 heavy (non-hydrogen) atoms. The number of piperazine rings is 1. The van der Waals surface area contributed by atoms with Crippen LogP contribution in [0.2, 0.25) is 0 Å². The van der Waals surface area contributed by atoms with Crippen molar-refractivity contribution in [2.45, 2.75) is 45.7 Å². The van der Waals surface area contributed by atoms with E-state index >= 15 is 0 Å². The SMILES string of the molecule is COCCOc1cc2c(cc1OC)[C@H]1CN(C)[C@H](CC(C)(C)C)CN1CC2. The summed E-state index contributed by atoms with van der Waals surface area (Å²) in [5, 5.41) is 0. The first-order chi connectivity index (χ1) is 12.8. The minimum atomic E-state index is 0.358. The van der Waals surface area contributed by atoms with E-state index < -0.39 is 0 Å². The van der Waals surface area contributed by atoms with Crippen molar-refractivity contribution in [1.29, 1.82) is 0 Å². The van der Waals surface area contributed by atoms with Gasteiger partial charge in [0.2, 0.25) is 0 Å². The van der Waals surface area contributed by atoms with Crippen LogP contribution in [0.15, 0.2) is 12.1 Å². The predicted octanol–water partition coefficient (Wildman–Crippen LogP) is 3.37. The molecule has 0 spiro atoms. The van der Waals surface area contributed by atoms with Gasteiger partial charge in [-0.15, -0.1) is 0 Å². The Kier molecular flexibility index (Phi) is 6.34. The molecule has 2 aliphatic rings. The summed E-state index contributed by atoms with van der Waals surface area (Å²) < 4.78 is 16.6. The highest BCUT2D eigenvalue weighted by Crippen LogP contribution is 2.41. The molecule has 0 saturated carbocycles. The second kappa shape index (κ2) is 8.38. The second-order valence-electron chi connectivity index (χ2n) is 9.16. The maximum Gasteiger partial charge on any atom is 0.161 e. The average molecular weight is 377 g/mol. The van der Waals surface area contributed by atoms with Crippen molar-refractivity contribution in [2.24, 2.45) is 5.41 Å². The molecule has 1 aromatic rings. The minimum absolute atomic E-state index is 0.358. The molecule has 2 atom stereocenters. The molecule has 3 rings (SSSR count). The van der Waals surface area contributed by atoms with Gasteiger partial charge in [-0.05, 0) is 48.6 Å². The van der Waals surface area contributed by atoms with Crippen LogP contribution in [-0.4, -0.2) is 70.0 Å². The van der Waals surface area contributed by atoms with E-state index in [0.717, 1.165) is 37.6 Å². The van der Waals surface area contributed by atoms with Crippen molar-refractivity contribution >= 4 is 0 Å². The summed E-state index contributed by atoms with van der Waals surface area (Å²) in [5.74, 6) is 1.66. The van der Waals surface area contributed by atoms with Crippen molar-refractivity contribution in [1.82, 2.24) is 9.80 Å². The van der Waals surface area contributed by atoms with Crippen molar-refractivity contribution < 1.29 is 14.2 Å². The maximum absolute atomic E-state index is 5.89. The monoisotopic (exact) mass is 376 g/mol. The molecule has 152 valence electrons. The third kappa shape index (κ3) is 4.76. The summed E-state index contributed by atoms with van der Waals surface area (Å²) in [5.41, 5.74) is 3.15. The highest BCUT2D eigenvalue weighted by molar-refractivity contribution is 5.49. The smallest absolute Gasteiger partial charge is 0.161 e. The van der Waals surface area contributed by atoms with Crippen LogP contribution < -0.4 is 9.47 Å². The molecule has 1 aromatic carbocycles. The Hall–Kier alpha value is -1.30. The number of methoxy groups -OCH3 is 2. The van der Waals surface area contributed by atoms with Crippen molar-refractivity contribution in [2.75, 3.05) is 54.1 Å². The fraction of sp³-hybridized carbons (Fsp3) is 0.727. The normalized spacial score (nSPS) is 23.6. The lowest BCUT2D eigenvalue weighted by molar-refractivity contribution is 0.0213. The molecule has 1 saturated heterocycles. The quantitative estimate of drug-likeness (QED) is 0.711. The zero-order chi connectivity index (χ0) is 19.6. The highest BCUT2D eigenvalue weighted by Gasteiger charge is 2.37. The number of likely N-dealkylation sites (N-methyl/N-ethyl adjacent to an activating group) is 1. The van der Waals surface area contributed by atoms with Crippen LogP contribution >= 0.6 is 0 Å². The van der Waals surface area contributed by atoms with Gasteiger partial charge >= 0.3 is 0 Å². The summed E-state index contributed by atoms with van der Waals surface area (Å²) >= 11 is 0. The molecule has 0 unspecified atom stereocenters. The Morgan fingerprint density at radius 3 is 2.52 bits per heavy atom. The first-order valence-electron chi connectivity index (χ1n) is 10.1. The molecular formula is C22H36N2O3. The zero-order valence-electron chi connectivity index (χ0n) is 17.9. The fourth-order valence-corrected chi connectivity index (χ4v) is 4.46. The van der Waals surface area contributed by atoms with Crippen molar-refractivity contribution in [3.05, 3.63) is 23.3 Å². The van der Waals surface area contributed by atoms with Crippen LogP contribution in [0, 0.1) is 5.41 Å². The Morgan fingerprint density at radius 2 is 1.85 bits per heavy atom. The third-order valence-electron chi connectivity index (χ3n) is 5.82. The highest BCUT2D eigenvalue weighted by atomic mass is 16.5. The Balaban J connectivity index is 1.80. The molecule has 1 fully saturated rings. The zero-order valence-corrected chi connectivity index (χ0v) is 17.9. The Labute approximate surface area is 164 Å². The van der Waals surface area contributed by atoms with Crippen LogP contribution in [0.4, 0.5) is 0 Å². The van der Waals surface area contributed by atoms with Gasteiger partial charge in [0.25, 0.3) is 0 Å². The van der Waals surface area contributed by atoms with Gasteiger partial charge in [0.05, 0.1) is 13.7 Å². The van der Waals surface area contributed by atoms with Crippen LogP contribution in [0.25, 0.3) is 0 Å². The summed E-state index contributed by atoms with van der Waals surface area (Å²) in [6.07, 6.45) is 2.30. The minimum Gasteiger partial charge on any atom is -0.493 e. The number of rotatable bonds is 6. The van der Waals surface area contributed by atoms with E-state index in [-0.39, 0.29) is 0 Å². The number of benzene rings is 1. The summed E-state index contributed by atoms with van der Waals surface area (Å²) in [7, 11) is 5.69. The van der Waals surface area contributed by atoms with Gasteiger partial charge in [0, 0.05) is 38.8 Å². The van der Waals surface area contributed by atoms with Crippen molar-refractivity contribution in [3.63, 3.8) is 0 Å². The molecule has 0 radical (unpaired) electrons. The van der Waals surface area contributed by atoms with Crippen LogP contribution in [-0.2, 0) is 11.2 Å². The number of fused-ring (bicyclic) bond motifs is 3. The van der Waals surface area contributed by atoms with Gasteiger partial charge in [0.1, 0.15) is 6.61 Å². The van der Waals surface area contributed by atoms with Crippen LogP contribution in [0.3, 0.4) is 0 Å². The first-order valence-corrected chi connectivity index (χ1v) is 10.1. The first kappa shape index (κ1) is 20.4. The molecule has 0 aliphatic carbocycles. The second-order valence-corrected chi connectivity index (χ2v) is 9.16.